The van der Waals surface area contributed by atoms with Crippen LogP contribution in [-0.2, 0) is 13.0 Å². The largest absolute Gasteiger partial charge is 0.508 e. The molecule has 1 amide bonds. The number of hydrogen-bond donors (Lipinski definition) is 2. The molecule has 136 valence electrons. The number of piperidine rings is 1. The summed E-state index contributed by atoms with van der Waals surface area (Å²) in [5.74, 6) is -0.423. The number of nitrogens with one attached hydrogen (secondary N) is 1. The first kappa shape index (κ1) is 17.0. The molecular weight excluding hydrogens is 331 g/mol. The molecule has 2 aromatic rings. The minimum Gasteiger partial charge on any atom is -0.508 e. The van der Waals surface area contributed by atoms with E-state index in [9.17, 15) is 14.3 Å². The van der Waals surface area contributed by atoms with Gasteiger partial charge in [0, 0.05) is 37.2 Å². The predicted molar refractivity (Wildman–Crippen MR) is 97.8 cm³/mol. The average molecular weight is 354 g/mol. The van der Waals surface area contributed by atoms with Crippen molar-refractivity contribution in [2.75, 3.05) is 19.6 Å². The Hall–Kier alpha value is -2.40. The Kier molecular flexibility index (Phi) is 4.64. The van der Waals surface area contributed by atoms with Gasteiger partial charge in [0.2, 0.25) is 0 Å². The van der Waals surface area contributed by atoms with Crippen molar-refractivity contribution in [3.8, 4) is 5.75 Å². The van der Waals surface area contributed by atoms with Gasteiger partial charge in [0.05, 0.1) is 0 Å². The fourth-order valence-corrected chi connectivity index (χ4v) is 4.06. The Morgan fingerprint density at radius 2 is 2.08 bits per heavy atom. The van der Waals surface area contributed by atoms with Gasteiger partial charge in [-0.1, -0.05) is 6.07 Å². The van der Waals surface area contributed by atoms with Crippen LogP contribution in [0.15, 0.2) is 36.4 Å². The van der Waals surface area contributed by atoms with Crippen LogP contribution in [0.2, 0.25) is 0 Å². The predicted octanol–water partition coefficient (Wildman–Crippen LogP) is 3.20. The van der Waals surface area contributed by atoms with Gasteiger partial charge in [0.15, 0.2) is 0 Å². The van der Waals surface area contributed by atoms with E-state index in [0.29, 0.717) is 13.1 Å². The van der Waals surface area contributed by atoms with Crippen molar-refractivity contribution < 1.29 is 14.3 Å². The van der Waals surface area contributed by atoms with Gasteiger partial charge in [0.25, 0.3) is 5.91 Å². The van der Waals surface area contributed by atoms with Crippen molar-refractivity contribution in [2.45, 2.75) is 31.7 Å². The Morgan fingerprint density at radius 1 is 1.19 bits per heavy atom. The van der Waals surface area contributed by atoms with E-state index in [4.69, 9.17) is 0 Å². The van der Waals surface area contributed by atoms with Crippen LogP contribution in [0.4, 0.5) is 4.39 Å². The Bertz CT molecular complexity index is 817. The number of phenolic OH excluding ortho intramolecular Hbond substituents is 1. The van der Waals surface area contributed by atoms with Gasteiger partial charge in [-0.25, -0.2) is 4.39 Å². The zero-order valence-electron chi connectivity index (χ0n) is 14.7. The average Bonchev–Trinajstić information content (AvgIpc) is 2.66. The third-order valence-electron chi connectivity index (χ3n) is 5.42. The van der Waals surface area contributed by atoms with E-state index in [1.807, 2.05) is 17.0 Å². The number of likely N-dealkylation sites (tertiary alicyclic amines) is 1. The van der Waals surface area contributed by atoms with Gasteiger partial charge in [-0.05, 0) is 66.8 Å². The zero-order valence-corrected chi connectivity index (χ0v) is 14.7. The summed E-state index contributed by atoms with van der Waals surface area (Å²) in [6.45, 7) is 3.05. The van der Waals surface area contributed by atoms with Crippen LogP contribution in [0.5, 0.6) is 5.75 Å². The molecule has 2 aromatic carbocycles. The van der Waals surface area contributed by atoms with Crippen molar-refractivity contribution >= 4 is 5.91 Å². The molecule has 26 heavy (non-hydrogen) atoms. The molecule has 2 aliphatic heterocycles. The summed E-state index contributed by atoms with van der Waals surface area (Å²) in [4.78, 5) is 14.8. The van der Waals surface area contributed by atoms with Crippen LogP contribution in [0.1, 0.15) is 45.8 Å². The van der Waals surface area contributed by atoms with Crippen LogP contribution in [0.25, 0.3) is 0 Å². The van der Waals surface area contributed by atoms with Crippen molar-refractivity contribution in [3.05, 3.63) is 64.5 Å². The molecule has 0 aromatic heterocycles. The van der Waals surface area contributed by atoms with Crippen molar-refractivity contribution in [2.24, 2.45) is 0 Å². The Labute approximate surface area is 152 Å². The lowest BCUT2D eigenvalue weighted by Gasteiger charge is -2.33. The number of rotatable bonds is 2. The maximum atomic E-state index is 13.6. The monoisotopic (exact) mass is 354 g/mol. The van der Waals surface area contributed by atoms with Gasteiger partial charge in [-0.3, -0.25) is 4.79 Å². The molecule has 1 fully saturated rings. The van der Waals surface area contributed by atoms with Crippen LogP contribution in [0, 0.1) is 5.82 Å². The lowest BCUT2D eigenvalue weighted by atomic mass is 9.90. The van der Waals surface area contributed by atoms with Gasteiger partial charge in [0.1, 0.15) is 11.6 Å². The molecule has 4 nitrogen and oxygen atoms in total. The van der Waals surface area contributed by atoms with Gasteiger partial charge < -0.3 is 15.3 Å². The molecule has 0 aliphatic carbocycles. The summed E-state index contributed by atoms with van der Waals surface area (Å²) < 4.78 is 13.6. The van der Waals surface area contributed by atoms with Crippen LogP contribution >= 0.6 is 0 Å². The molecule has 1 unspecified atom stereocenters. The molecule has 0 radical (unpaired) electrons. The van der Waals surface area contributed by atoms with Crippen molar-refractivity contribution in [3.63, 3.8) is 0 Å². The maximum Gasteiger partial charge on any atom is 0.253 e. The Balaban J connectivity index is 1.53. The fourth-order valence-electron chi connectivity index (χ4n) is 4.06. The standard InChI is InChI=1S/C21H23FN2O2/c22-19-9-17(10-20(25)11-19)16-2-1-7-24(13-16)21(26)15-4-3-14-5-6-23-12-18(14)8-15/h3-4,8-11,16,23,25H,1-2,5-7,12-13H2. The van der Waals surface area contributed by atoms with E-state index < -0.39 is 5.82 Å². The number of nitrogens with zero attached hydrogens (tertiary/aromatic N) is 1. The topological polar surface area (TPSA) is 52.6 Å². The highest BCUT2D eigenvalue weighted by atomic mass is 19.1. The summed E-state index contributed by atoms with van der Waals surface area (Å²) >= 11 is 0. The SMILES string of the molecule is O=C(c1ccc2c(c1)CNCC2)N1CCCC(c2cc(O)cc(F)c2)C1. The molecule has 2 heterocycles. The third kappa shape index (κ3) is 3.44. The van der Waals surface area contributed by atoms with Crippen molar-refractivity contribution in [1.29, 1.82) is 0 Å². The molecule has 0 bridgehead atoms. The molecule has 4 rings (SSSR count). The molecule has 2 aliphatic rings. The van der Waals surface area contributed by atoms with E-state index in [1.165, 1.54) is 17.2 Å². The second kappa shape index (κ2) is 7.08. The van der Waals surface area contributed by atoms with Gasteiger partial charge >= 0.3 is 0 Å². The summed E-state index contributed by atoms with van der Waals surface area (Å²) in [7, 11) is 0. The van der Waals surface area contributed by atoms with Crippen LogP contribution in [0.3, 0.4) is 0 Å². The summed E-state index contributed by atoms with van der Waals surface area (Å²) in [6.07, 6.45) is 2.76. The van der Waals surface area contributed by atoms with Gasteiger partial charge in [-0.2, -0.15) is 0 Å². The number of carbonyl (C=O) groups excluding carboxylic acids is 1. The van der Waals surface area contributed by atoms with E-state index >= 15 is 0 Å². The molecule has 2 N–H and O–H groups in total. The smallest absolute Gasteiger partial charge is 0.253 e. The molecule has 1 atom stereocenters. The summed E-state index contributed by atoms with van der Waals surface area (Å²) in [5.41, 5.74) is 3.99. The number of amides is 1. The van der Waals surface area contributed by atoms with E-state index in [-0.39, 0.29) is 17.6 Å². The van der Waals surface area contributed by atoms with E-state index in [1.54, 1.807) is 6.07 Å². The molecular formula is C21H23FN2O2. The first-order valence-electron chi connectivity index (χ1n) is 9.21. The minimum atomic E-state index is -0.439. The number of hydrogen-bond acceptors (Lipinski definition) is 3. The number of aromatic hydroxyl groups is 1. The second-order valence-electron chi connectivity index (χ2n) is 7.24. The number of fused-ring (bicyclic) bond motifs is 1. The summed E-state index contributed by atoms with van der Waals surface area (Å²) in [5, 5.41) is 13.0. The van der Waals surface area contributed by atoms with E-state index in [2.05, 4.69) is 11.4 Å². The normalized spacial score (nSPS) is 19.9. The fraction of sp³-hybridized carbons (Fsp3) is 0.381. The first-order chi connectivity index (χ1) is 12.6. The number of carbonyl (C=O) groups is 1. The van der Waals surface area contributed by atoms with Crippen LogP contribution in [-0.4, -0.2) is 35.5 Å². The van der Waals surface area contributed by atoms with E-state index in [0.717, 1.165) is 49.5 Å². The number of phenols is 1. The number of benzene rings is 2. The maximum absolute atomic E-state index is 13.6. The highest BCUT2D eigenvalue weighted by Crippen LogP contribution is 2.30. The zero-order chi connectivity index (χ0) is 18.1. The van der Waals surface area contributed by atoms with Crippen molar-refractivity contribution in [1.82, 2.24) is 10.2 Å². The second-order valence-corrected chi connectivity index (χ2v) is 7.24. The third-order valence-corrected chi connectivity index (χ3v) is 5.42. The molecule has 5 heteroatoms. The first-order valence-corrected chi connectivity index (χ1v) is 9.21. The Morgan fingerprint density at radius 3 is 2.92 bits per heavy atom. The van der Waals surface area contributed by atoms with Gasteiger partial charge in [-0.15, -0.1) is 0 Å². The summed E-state index contributed by atoms with van der Waals surface area (Å²) in [6, 6.07) is 10.2. The molecule has 1 saturated heterocycles. The lowest BCUT2D eigenvalue weighted by molar-refractivity contribution is 0.0707. The number of halogens is 1. The minimum absolute atomic E-state index is 0.0312. The van der Waals surface area contributed by atoms with Crippen LogP contribution < -0.4 is 5.32 Å². The molecule has 0 saturated carbocycles. The molecule has 0 spiro atoms. The quantitative estimate of drug-likeness (QED) is 0.871. The highest BCUT2D eigenvalue weighted by Gasteiger charge is 2.26. The lowest BCUT2D eigenvalue weighted by Crippen LogP contribution is -2.39. The highest BCUT2D eigenvalue weighted by molar-refractivity contribution is 5.94.